The van der Waals surface area contributed by atoms with Gasteiger partial charge in [0.15, 0.2) is 0 Å². The molecule has 0 saturated carbocycles. The van der Waals surface area contributed by atoms with Gasteiger partial charge in [-0.3, -0.25) is 4.98 Å². The summed E-state index contributed by atoms with van der Waals surface area (Å²) in [4.78, 5) is 4.16. The van der Waals surface area contributed by atoms with Gasteiger partial charge in [-0.1, -0.05) is 18.2 Å². The molecular formula is C13H15BFNO3. The van der Waals surface area contributed by atoms with Crippen LogP contribution in [0, 0.1) is 0 Å². The second kappa shape index (κ2) is 6.61. The van der Waals surface area contributed by atoms with Crippen molar-refractivity contribution in [2.24, 2.45) is 0 Å². The molecular weight excluding hydrogens is 248 g/mol. The third kappa shape index (κ3) is 3.99. The maximum atomic E-state index is 13.5. The first kappa shape index (κ1) is 13.9. The zero-order valence-corrected chi connectivity index (χ0v) is 10.4. The van der Waals surface area contributed by atoms with Gasteiger partial charge >= 0.3 is 7.12 Å². The zero-order valence-electron chi connectivity index (χ0n) is 10.4. The molecule has 1 aliphatic carbocycles. The number of ether oxygens (including phenoxy) is 1. The molecule has 0 spiro atoms. The Kier molecular flexibility index (Phi) is 4.84. The van der Waals surface area contributed by atoms with E-state index in [4.69, 9.17) is 14.8 Å². The van der Waals surface area contributed by atoms with Crippen molar-refractivity contribution in [3.8, 4) is 0 Å². The van der Waals surface area contributed by atoms with Crippen molar-refractivity contribution in [3.05, 3.63) is 53.5 Å². The number of nitrogens with zero attached hydrogens (tertiary/aromatic N) is 1. The van der Waals surface area contributed by atoms with E-state index in [0.29, 0.717) is 13.0 Å². The van der Waals surface area contributed by atoms with Crippen LogP contribution in [0.4, 0.5) is 4.39 Å². The molecule has 4 nitrogen and oxygen atoms in total. The van der Waals surface area contributed by atoms with E-state index in [2.05, 4.69) is 4.98 Å². The third-order valence-electron chi connectivity index (χ3n) is 2.88. The van der Waals surface area contributed by atoms with E-state index in [9.17, 15) is 4.39 Å². The SMILES string of the molecule is OB(O)C1=C(F)CC(OCCc2ccccn2)C=C1. The van der Waals surface area contributed by atoms with Gasteiger partial charge in [0.1, 0.15) is 5.83 Å². The van der Waals surface area contributed by atoms with E-state index in [1.54, 1.807) is 12.3 Å². The maximum Gasteiger partial charge on any atom is 0.491 e. The molecule has 19 heavy (non-hydrogen) atoms. The third-order valence-corrected chi connectivity index (χ3v) is 2.88. The lowest BCUT2D eigenvalue weighted by Crippen LogP contribution is -2.22. The van der Waals surface area contributed by atoms with E-state index in [1.165, 1.54) is 6.08 Å². The zero-order chi connectivity index (χ0) is 13.7. The van der Waals surface area contributed by atoms with E-state index in [-0.39, 0.29) is 18.0 Å². The second-order valence-corrected chi connectivity index (χ2v) is 4.28. The minimum absolute atomic E-state index is 0.0334. The predicted octanol–water partition coefficient (Wildman–Crippen LogP) is 1.20. The summed E-state index contributed by atoms with van der Waals surface area (Å²) >= 11 is 0. The number of halogens is 1. The van der Waals surface area contributed by atoms with Crippen LogP contribution < -0.4 is 0 Å². The Bertz CT molecular complexity index is 476. The van der Waals surface area contributed by atoms with Crippen molar-refractivity contribution >= 4 is 7.12 Å². The van der Waals surface area contributed by atoms with Gasteiger partial charge in [0, 0.05) is 30.2 Å². The smallest absolute Gasteiger partial charge is 0.423 e. The average molecular weight is 263 g/mol. The second-order valence-electron chi connectivity index (χ2n) is 4.28. The maximum absolute atomic E-state index is 13.5. The largest absolute Gasteiger partial charge is 0.491 e. The highest BCUT2D eigenvalue weighted by Gasteiger charge is 2.23. The van der Waals surface area contributed by atoms with E-state index in [1.807, 2.05) is 18.2 Å². The monoisotopic (exact) mass is 263 g/mol. The molecule has 1 heterocycles. The number of aromatic nitrogens is 1. The Morgan fingerprint density at radius 1 is 1.42 bits per heavy atom. The fourth-order valence-corrected chi connectivity index (χ4v) is 1.87. The highest BCUT2D eigenvalue weighted by Crippen LogP contribution is 2.23. The molecule has 0 radical (unpaired) electrons. The number of rotatable bonds is 5. The lowest BCUT2D eigenvalue weighted by molar-refractivity contribution is 0.0825. The average Bonchev–Trinajstić information content (AvgIpc) is 2.39. The first-order chi connectivity index (χ1) is 9.16. The highest BCUT2D eigenvalue weighted by atomic mass is 19.1. The highest BCUT2D eigenvalue weighted by molar-refractivity contribution is 6.52. The first-order valence-electron chi connectivity index (χ1n) is 6.11. The van der Waals surface area contributed by atoms with Crippen LogP contribution in [-0.4, -0.2) is 34.9 Å². The van der Waals surface area contributed by atoms with Crippen LogP contribution in [0.15, 0.2) is 47.8 Å². The van der Waals surface area contributed by atoms with Crippen molar-refractivity contribution in [2.75, 3.05) is 6.61 Å². The molecule has 0 amide bonds. The summed E-state index contributed by atoms with van der Waals surface area (Å²) in [5.74, 6) is -0.541. The summed E-state index contributed by atoms with van der Waals surface area (Å²) in [5.41, 5.74) is 0.828. The molecule has 0 aromatic carbocycles. The van der Waals surface area contributed by atoms with Crippen molar-refractivity contribution in [1.82, 2.24) is 4.98 Å². The van der Waals surface area contributed by atoms with Crippen molar-refractivity contribution < 1.29 is 19.2 Å². The molecule has 1 unspecified atom stereocenters. The number of allylic oxidation sites excluding steroid dienone is 2. The summed E-state index contributed by atoms with van der Waals surface area (Å²) in [7, 11) is -1.77. The topological polar surface area (TPSA) is 62.6 Å². The predicted molar refractivity (Wildman–Crippen MR) is 69.8 cm³/mol. The van der Waals surface area contributed by atoms with E-state index >= 15 is 0 Å². The van der Waals surface area contributed by atoms with Gasteiger partial charge in [0.25, 0.3) is 0 Å². The van der Waals surface area contributed by atoms with E-state index in [0.717, 1.165) is 5.69 Å². The molecule has 0 aliphatic heterocycles. The summed E-state index contributed by atoms with van der Waals surface area (Å²) in [5, 5.41) is 17.8. The van der Waals surface area contributed by atoms with Gasteiger partial charge in [0.05, 0.1) is 12.7 Å². The van der Waals surface area contributed by atoms with Crippen molar-refractivity contribution in [1.29, 1.82) is 0 Å². The van der Waals surface area contributed by atoms with Crippen molar-refractivity contribution in [2.45, 2.75) is 18.9 Å². The van der Waals surface area contributed by atoms with Crippen LogP contribution in [0.2, 0.25) is 0 Å². The number of pyridine rings is 1. The first-order valence-corrected chi connectivity index (χ1v) is 6.11. The number of hydrogen-bond acceptors (Lipinski definition) is 4. The Morgan fingerprint density at radius 3 is 2.89 bits per heavy atom. The number of hydrogen-bond donors (Lipinski definition) is 2. The molecule has 1 aromatic rings. The fourth-order valence-electron chi connectivity index (χ4n) is 1.87. The van der Waals surface area contributed by atoms with Gasteiger partial charge in [-0.15, -0.1) is 0 Å². The Labute approximate surface area is 111 Å². The summed E-state index contributed by atoms with van der Waals surface area (Å²) in [6.45, 7) is 0.441. The summed E-state index contributed by atoms with van der Waals surface area (Å²) in [6, 6.07) is 5.65. The van der Waals surface area contributed by atoms with Gasteiger partial charge < -0.3 is 14.8 Å². The quantitative estimate of drug-likeness (QED) is 0.784. The van der Waals surface area contributed by atoms with Gasteiger partial charge in [-0.2, -0.15) is 0 Å². The van der Waals surface area contributed by atoms with Gasteiger partial charge in [-0.25, -0.2) is 4.39 Å². The normalized spacial score (nSPS) is 18.8. The lowest BCUT2D eigenvalue weighted by atomic mass is 9.76. The van der Waals surface area contributed by atoms with Crippen LogP contribution in [-0.2, 0) is 11.2 Å². The van der Waals surface area contributed by atoms with E-state index < -0.39 is 12.9 Å². The standard InChI is InChI=1S/C13H15BFNO3/c15-13-9-11(4-5-12(13)14(17)18)19-8-6-10-3-1-2-7-16-10/h1-5,7,11,17-18H,6,8-9H2. The molecule has 1 aliphatic rings. The minimum atomic E-state index is -1.77. The molecule has 100 valence electrons. The Morgan fingerprint density at radius 2 is 2.26 bits per heavy atom. The van der Waals surface area contributed by atoms with Crippen LogP contribution >= 0.6 is 0 Å². The van der Waals surface area contributed by atoms with Crippen LogP contribution in [0.5, 0.6) is 0 Å². The summed E-state index contributed by atoms with van der Waals surface area (Å²) < 4.78 is 19.0. The van der Waals surface area contributed by atoms with Crippen molar-refractivity contribution in [3.63, 3.8) is 0 Å². The Balaban J connectivity index is 1.79. The molecule has 1 aromatic heterocycles. The van der Waals surface area contributed by atoms with Crippen LogP contribution in [0.1, 0.15) is 12.1 Å². The molecule has 0 saturated heterocycles. The fraction of sp³-hybridized carbons (Fsp3) is 0.308. The molecule has 2 N–H and O–H groups in total. The van der Waals surface area contributed by atoms with Crippen LogP contribution in [0.3, 0.4) is 0 Å². The minimum Gasteiger partial charge on any atom is -0.423 e. The molecule has 0 bridgehead atoms. The molecule has 1 atom stereocenters. The van der Waals surface area contributed by atoms with Crippen LogP contribution in [0.25, 0.3) is 0 Å². The molecule has 0 fully saturated rings. The summed E-state index contributed by atoms with van der Waals surface area (Å²) in [6.07, 6.45) is 5.03. The van der Waals surface area contributed by atoms with Gasteiger partial charge in [-0.05, 0) is 12.1 Å². The lowest BCUT2D eigenvalue weighted by Gasteiger charge is -2.18. The molecule has 6 heteroatoms. The molecule has 2 rings (SSSR count). The Hall–Kier alpha value is -1.50. The van der Waals surface area contributed by atoms with Gasteiger partial charge in [0.2, 0.25) is 0 Å².